The van der Waals surface area contributed by atoms with E-state index in [1.165, 1.54) is 6.08 Å². The molecule has 2 atom stereocenters. The van der Waals surface area contributed by atoms with E-state index in [-0.39, 0.29) is 0 Å². The molecule has 1 aliphatic carbocycles. The molecule has 0 aromatic carbocycles. The molecule has 0 spiro atoms. The van der Waals surface area contributed by atoms with Gasteiger partial charge in [0.2, 0.25) is 0 Å². The normalized spacial score (nSPS) is 26.7. The summed E-state index contributed by atoms with van der Waals surface area (Å²) in [7, 11) is 0. The van der Waals surface area contributed by atoms with Crippen molar-refractivity contribution in [1.29, 1.82) is 10.5 Å². The summed E-state index contributed by atoms with van der Waals surface area (Å²) in [6, 6.07) is 3.90. The van der Waals surface area contributed by atoms with Crippen LogP contribution in [0.25, 0.3) is 0 Å². The fourth-order valence-corrected chi connectivity index (χ4v) is 1.03. The lowest BCUT2D eigenvalue weighted by Gasteiger charge is -2.11. The lowest BCUT2D eigenvalue weighted by molar-refractivity contribution is -0.110. The third-order valence-corrected chi connectivity index (χ3v) is 1.71. The van der Waals surface area contributed by atoms with Gasteiger partial charge in [0.15, 0.2) is 0 Å². The highest BCUT2D eigenvalue weighted by Crippen LogP contribution is 2.20. The second kappa shape index (κ2) is 3.50. The van der Waals surface area contributed by atoms with E-state index in [0.29, 0.717) is 11.9 Å². The van der Waals surface area contributed by atoms with Crippen molar-refractivity contribution in [2.45, 2.75) is 0 Å². The molecule has 0 aromatic heterocycles. The van der Waals surface area contributed by atoms with Crippen LogP contribution >= 0.6 is 0 Å². The first kappa shape index (κ1) is 8.23. The van der Waals surface area contributed by atoms with Crippen LogP contribution in [-0.4, -0.2) is 6.29 Å². The zero-order valence-electron chi connectivity index (χ0n) is 6.27. The van der Waals surface area contributed by atoms with Gasteiger partial charge < -0.3 is 4.79 Å². The number of carbonyl (C=O) groups excluding carboxylic acids is 1. The monoisotopic (exact) mass is 158 g/mol. The fraction of sp³-hybridized carbons (Fsp3) is 0.222. The third kappa shape index (κ3) is 1.41. The molecule has 0 saturated heterocycles. The van der Waals surface area contributed by atoms with Crippen molar-refractivity contribution < 1.29 is 4.79 Å². The number of carbonyl (C=O) groups is 1. The molecule has 0 radical (unpaired) electrons. The summed E-state index contributed by atoms with van der Waals surface area (Å²) in [6.45, 7) is 0. The number of nitrogens with zero attached hydrogens (tertiary/aromatic N) is 2. The van der Waals surface area contributed by atoms with Crippen LogP contribution in [0.4, 0.5) is 0 Å². The molecule has 3 heteroatoms. The lowest BCUT2D eigenvalue weighted by atomic mass is 9.88. The Bertz CT molecular complexity index is 327. The van der Waals surface area contributed by atoms with E-state index in [0.717, 1.165) is 0 Å². The van der Waals surface area contributed by atoms with Crippen molar-refractivity contribution in [3.63, 3.8) is 0 Å². The van der Waals surface area contributed by atoms with E-state index in [2.05, 4.69) is 0 Å². The van der Waals surface area contributed by atoms with Gasteiger partial charge in [-0.1, -0.05) is 12.2 Å². The Morgan fingerprint density at radius 2 is 2.25 bits per heavy atom. The summed E-state index contributed by atoms with van der Waals surface area (Å²) in [5.74, 6) is -0.880. The maximum Gasteiger partial charge on any atom is 0.128 e. The van der Waals surface area contributed by atoms with Gasteiger partial charge in [-0.05, 0) is 6.08 Å². The van der Waals surface area contributed by atoms with Crippen LogP contribution in [0, 0.1) is 34.5 Å². The number of allylic oxidation sites excluding steroid dienone is 4. The van der Waals surface area contributed by atoms with Crippen molar-refractivity contribution >= 4 is 6.29 Å². The molecule has 2 unspecified atom stereocenters. The Hall–Kier alpha value is -1.87. The van der Waals surface area contributed by atoms with E-state index >= 15 is 0 Å². The van der Waals surface area contributed by atoms with Crippen molar-refractivity contribution in [2.75, 3.05) is 0 Å². The minimum atomic E-state index is -0.463. The van der Waals surface area contributed by atoms with Gasteiger partial charge in [0.05, 0.1) is 24.0 Å². The smallest absolute Gasteiger partial charge is 0.128 e. The molecule has 0 saturated carbocycles. The first-order valence-corrected chi connectivity index (χ1v) is 3.47. The number of rotatable bonds is 1. The Morgan fingerprint density at radius 3 is 2.75 bits per heavy atom. The van der Waals surface area contributed by atoms with Gasteiger partial charge in [-0.2, -0.15) is 10.5 Å². The lowest BCUT2D eigenvalue weighted by Crippen LogP contribution is -2.13. The highest BCUT2D eigenvalue weighted by atomic mass is 16.1. The summed E-state index contributed by atoms with van der Waals surface area (Å²) in [4.78, 5) is 10.5. The molecular weight excluding hydrogens is 152 g/mol. The van der Waals surface area contributed by atoms with Gasteiger partial charge >= 0.3 is 0 Å². The number of hydrogen-bond acceptors (Lipinski definition) is 3. The minimum Gasteiger partial charge on any atom is -0.303 e. The Morgan fingerprint density at radius 1 is 1.50 bits per heavy atom. The van der Waals surface area contributed by atoms with Crippen LogP contribution < -0.4 is 0 Å². The summed E-state index contributed by atoms with van der Waals surface area (Å²) >= 11 is 0. The fourth-order valence-electron chi connectivity index (χ4n) is 1.03. The van der Waals surface area contributed by atoms with Gasteiger partial charge in [0, 0.05) is 5.57 Å². The molecule has 1 rings (SSSR count). The zero-order chi connectivity index (χ0) is 8.97. The van der Waals surface area contributed by atoms with Crippen LogP contribution in [-0.2, 0) is 4.79 Å². The molecule has 0 amide bonds. The molecule has 0 fully saturated rings. The standard InChI is InChI=1S/C9H6N2O/c10-4-7-1-2-8(5-11)9(3-7)6-12/h1-3,6,8-9H. The van der Waals surface area contributed by atoms with Gasteiger partial charge in [-0.15, -0.1) is 0 Å². The minimum absolute atomic E-state index is 0.417. The van der Waals surface area contributed by atoms with Crippen LogP contribution in [0.3, 0.4) is 0 Å². The predicted molar refractivity (Wildman–Crippen MR) is 41.5 cm³/mol. The largest absolute Gasteiger partial charge is 0.303 e. The quantitative estimate of drug-likeness (QED) is 0.534. The van der Waals surface area contributed by atoms with Gasteiger partial charge in [0.25, 0.3) is 0 Å². The molecule has 0 heterocycles. The van der Waals surface area contributed by atoms with E-state index in [4.69, 9.17) is 10.5 Å². The molecule has 1 aliphatic rings. The molecule has 3 nitrogen and oxygen atoms in total. The van der Waals surface area contributed by atoms with Gasteiger partial charge in [0.1, 0.15) is 6.29 Å². The molecule has 0 aliphatic heterocycles. The van der Waals surface area contributed by atoms with Crippen LogP contribution in [0.2, 0.25) is 0 Å². The zero-order valence-corrected chi connectivity index (χ0v) is 6.27. The van der Waals surface area contributed by atoms with Gasteiger partial charge in [-0.3, -0.25) is 0 Å². The van der Waals surface area contributed by atoms with Gasteiger partial charge in [-0.25, -0.2) is 0 Å². The molecular formula is C9H6N2O. The second-order valence-electron chi connectivity index (χ2n) is 2.46. The van der Waals surface area contributed by atoms with Crippen LogP contribution in [0.5, 0.6) is 0 Å². The molecule has 58 valence electrons. The molecule has 12 heavy (non-hydrogen) atoms. The Balaban J connectivity index is 2.92. The highest BCUT2D eigenvalue weighted by molar-refractivity contribution is 5.61. The van der Waals surface area contributed by atoms with E-state index in [1.807, 2.05) is 12.1 Å². The maximum atomic E-state index is 10.5. The highest BCUT2D eigenvalue weighted by Gasteiger charge is 2.19. The molecule has 0 bridgehead atoms. The summed E-state index contributed by atoms with van der Waals surface area (Å²) in [5, 5.41) is 17.1. The molecule has 0 N–H and O–H groups in total. The maximum absolute atomic E-state index is 10.5. The Labute approximate surface area is 70.2 Å². The van der Waals surface area contributed by atoms with Crippen LogP contribution in [0.1, 0.15) is 0 Å². The van der Waals surface area contributed by atoms with E-state index in [9.17, 15) is 4.79 Å². The van der Waals surface area contributed by atoms with Crippen molar-refractivity contribution in [3.05, 3.63) is 23.8 Å². The number of aldehydes is 1. The third-order valence-electron chi connectivity index (χ3n) is 1.71. The summed E-state index contributed by atoms with van der Waals surface area (Å²) in [6.07, 6.45) is 5.35. The first-order chi connectivity index (χ1) is 5.81. The average molecular weight is 158 g/mol. The predicted octanol–water partition coefficient (Wildman–Crippen LogP) is 0.961. The van der Waals surface area contributed by atoms with E-state index < -0.39 is 11.8 Å². The van der Waals surface area contributed by atoms with Crippen molar-refractivity contribution in [1.82, 2.24) is 0 Å². The first-order valence-electron chi connectivity index (χ1n) is 3.47. The molecule has 0 aromatic rings. The number of nitriles is 2. The average Bonchev–Trinajstić information content (AvgIpc) is 2.16. The topological polar surface area (TPSA) is 64.7 Å². The Kier molecular flexibility index (Phi) is 2.40. The second-order valence-corrected chi connectivity index (χ2v) is 2.46. The number of hydrogen-bond donors (Lipinski definition) is 0. The van der Waals surface area contributed by atoms with Crippen molar-refractivity contribution in [3.8, 4) is 12.1 Å². The van der Waals surface area contributed by atoms with Crippen LogP contribution in [0.15, 0.2) is 23.8 Å². The summed E-state index contributed by atoms with van der Waals surface area (Å²) < 4.78 is 0. The SMILES string of the molecule is N#CC1=CC(C=O)C(C#N)C=C1. The van der Waals surface area contributed by atoms with E-state index in [1.54, 1.807) is 12.2 Å². The summed E-state index contributed by atoms with van der Waals surface area (Å²) in [5.41, 5.74) is 0.443. The van der Waals surface area contributed by atoms with Crippen molar-refractivity contribution in [2.24, 2.45) is 11.8 Å².